The molecule has 0 aromatic rings. The van der Waals surface area contributed by atoms with Gasteiger partial charge in [0, 0.05) is 0 Å². The van der Waals surface area contributed by atoms with Crippen LogP contribution in [0.3, 0.4) is 0 Å². The number of phosphoric acid groups is 2. The molecule has 0 saturated carbocycles. The summed E-state index contributed by atoms with van der Waals surface area (Å²) in [5.41, 5.74) is 0. The molecule has 11 nitrogen and oxygen atoms in total. The summed E-state index contributed by atoms with van der Waals surface area (Å²) in [4.78, 5) is 33.8. The van der Waals surface area contributed by atoms with E-state index in [4.69, 9.17) is 34.5 Å². The van der Waals surface area contributed by atoms with Gasteiger partial charge in [0.05, 0.1) is 26.4 Å². The van der Waals surface area contributed by atoms with E-state index in [1.54, 1.807) is 0 Å². The van der Waals surface area contributed by atoms with Crippen LogP contribution in [0.4, 0.5) is 0 Å². The van der Waals surface area contributed by atoms with E-state index < -0.39 is 54.3 Å². The van der Waals surface area contributed by atoms with Gasteiger partial charge in [-0.2, -0.15) is 0 Å². The molecule has 19 heavy (non-hydrogen) atoms. The first-order valence-electron chi connectivity index (χ1n) is 4.84. The highest BCUT2D eigenvalue weighted by atomic mass is 31.2. The van der Waals surface area contributed by atoms with Crippen LogP contribution in [0.5, 0.6) is 0 Å². The third-order valence-electron chi connectivity index (χ3n) is 1.65. The van der Waals surface area contributed by atoms with Crippen LogP contribution in [0.25, 0.3) is 0 Å². The number of hydrogen-bond acceptors (Lipinski definition) is 7. The molecule has 2 atom stereocenters. The summed E-state index contributed by atoms with van der Waals surface area (Å²) in [6, 6.07) is 0. The zero-order valence-electron chi connectivity index (χ0n) is 9.60. The molecular formula is C6H16O11P2. The van der Waals surface area contributed by atoms with Crippen molar-refractivity contribution in [2.24, 2.45) is 0 Å². The molecule has 0 aromatic carbocycles. The molecule has 0 saturated heterocycles. The molecule has 0 spiro atoms. The van der Waals surface area contributed by atoms with Gasteiger partial charge in [-0.05, 0) is 0 Å². The Balaban J connectivity index is 4.24. The van der Waals surface area contributed by atoms with Crippen LogP contribution in [-0.2, 0) is 22.9 Å². The van der Waals surface area contributed by atoms with Gasteiger partial charge >= 0.3 is 15.6 Å². The summed E-state index contributed by atoms with van der Waals surface area (Å²) in [6.45, 7) is -2.72. The van der Waals surface area contributed by atoms with E-state index in [1.165, 1.54) is 0 Å². The Labute approximate surface area is 108 Å². The van der Waals surface area contributed by atoms with Gasteiger partial charge in [0.2, 0.25) is 0 Å². The second-order valence-corrected chi connectivity index (χ2v) is 5.80. The summed E-state index contributed by atoms with van der Waals surface area (Å²) in [5, 5.41) is 17.7. The first-order chi connectivity index (χ1) is 8.57. The lowest BCUT2D eigenvalue weighted by molar-refractivity contribution is -0.0932. The summed E-state index contributed by atoms with van der Waals surface area (Å²) < 4.78 is 33.9. The molecule has 0 aromatic heterocycles. The van der Waals surface area contributed by atoms with E-state index in [-0.39, 0.29) is 0 Å². The molecule has 13 heteroatoms. The Morgan fingerprint density at radius 3 is 1.32 bits per heavy atom. The van der Waals surface area contributed by atoms with Crippen LogP contribution >= 0.6 is 15.6 Å². The highest BCUT2D eigenvalue weighted by molar-refractivity contribution is 7.46. The van der Waals surface area contributed by atoms with Gasteiger partial charge in [-0.15, -0.1) is 0 Å². The molecule has 0 aliphatic heterocycles. The number of aliphatic hydroxyl groups is 2. The molecule has 6 N–H and O–H groups in total. The number of rotatable bonds is 10. The van der Waals surface area contributed by atoms with Gasteiger partial charge in [0.15, 0.2) is 0 Å². The van der Waals surface area contributed by atoms with Gasteiger partial charge in [-0.3, -0.25) is 9.05 Å². The maximum atomic E-state index is 10.4. The second kappa shape index (κ2) is 8.40. The minimum absolute atomic E-state index is 0.673. The van der Waals surface area contributed by atoms with Crippen LogP contribution in [0.1, 0.15) is 0 Å². The zero-order valence-corrected chi connectivity index (χ0v) is 11.4. The lowest BCUT2D eigenvalue weighted by Gasteiger charge is -2.22. The zero-order chi connectivity index (χ0) is 15.1. The highest BCUT2D eigenvalue weighted by Crippen LogP contribution is 2.37. The maximum Gasteiger partial charge on any atom is 0.469 e. The van der Waals surface area contributed by atoms with Crippen molar-refractivity contribution in [3.8, 4) is 0 Å². The topological polar surface area (TPSA) is 183 Å². The lowest BCUT2D eigenvalue weighted by Crippen LogP contribution is -2.33. The molecule has 0 fully saturated rings. The van der Waals surface area contributed by atoms with E-state index in [9.17, 15) is 9.13 Å². The van der Waals surface area contributed by atoms with Crippen molar-refractivity contribution in [2.75, 3.05) is 26.4 Å². The molecule has 0 amide bonds. The van der Waals surface area contributed by atoms with E-state index in [0.717, 1.165) is 0 Å². The number of aliphatic hydroxyl groups excluding tert-OH is 2. The third kappa shape index (κ3) is 11.6. The van der Waals surface area contributed by atoms with Crippen LogP contribution in [0, 0.1) is 0 Å². The van der Waals surface area contributed by atoms with Crippen molar-refractivity contribution >= 4 is 15.6 Å². The molecule has 0 aliphatic rings. The molecule has 116 valence electrons. The monoisotopic (exact) mass is 326 g/mol. The first-order valence-corrected chi connectivity index (χ1v) is 7.91. The smallest absolute Gasteiger partial charge is 0.394 e. The Bertz CT molecular complexity index is 302. The average Bonchev–Trinajstić information content (AvgIpc) is 2.25. The van der Waals surface area contributed by atoms with Crippen molar-refractivity contribution in [1.29, 1.82) is 0 Å². The van der Waals surface area contributed by atoms with Crippen LogP contribution in [0.2, 0.25) is 0 Å². The van der Waals surface area contributed by atoms with Crippen molar-refractivity contribution in [2.45, 2.75) is 12.2 Å². The molecule has 2 unspecified atom stereocenters. The van der Waals surface area contributed by atoms with Crippen LogP contribution in [-0.4, -0.2) is 68.4 Å². The number of ether oxygens (including phenoxy) is 1. The van der Waals surface area contributed by atoms with E-state index in [0.29, 0.717) is 0 Å². The molecule has 0 rings (SSSR count). The molecule has 0 radical (unpaired) electrons. The Kier molecular flexibility index (Phi) is 8.45. The molecule has 0 bridgehead atoms. The minimum atomic E-state index is -4.74. The van der Waals surface area contributed by atoms with Gasteiger partial charge in [-0.1, -0.05) is 0 Å². The van der Waals surface area contributed by atoms with Gasteiger partial charge < -0.3 is 34.5 Å². The van der Waals surface area contributed by atoms with Crippen molar-refractivity contribution in [3.63, 3.8) is 0 Å². The normalized spacial score (nSPS) is 16.3. The Hall–Kier alpha value is 0.1000. The summed E-state index contributed by atoms with van der Waals surface area (Å²) in [7, 11) is -9.47. The minimum Gasteiger partial charge on any atom is -0.394 e. The highest BCUT2D eigenvalue weighted by Gasteiger charge is 2.23. The largest absolute Gasteiger partial charge is 0.469 e. The van der Waals surface area contributed by atoms with Crippen molar-refractivity contribution in [3.05, 3.63) is 0 Å². The Morgan fingerprint density at radius 1 is 0.789 bits per heavy atom. The number of phosphoric ester groups is 2. The third-order valence-corrected chi connectivity index (χ3v) is 2.62. The summed E-state index contributed by atoms with van der Waals surface area (Å²) >= 11 is 0. The Morgan fingerprint density at radius 2 is 1.11 bits per heavy atom. The molecular weight excluding hydrogens is 310 g/mol. The molecule has 0 heterocycles. The van der Waals surface area contributed by atoms with E-state index in [2.05, 4.69) is 9.05 Å². The maximum absolute atomic E-state index is 10.4. The van der Waals surface area contributed by atoms with Crippen LogP contribution in [0.15, 0.2) is 0 Å². The predicted molar refractivity (Wildman–Crippen MR) is 58.8 cm³/mol. The summed E-state index contributed by atoms with van der Waals surface area (Å²) in [6.07, 6.45) is -2.41. The fraction of sp³-hybridized carbons (Fsp3) is 1.00. The van der Waals surface area contributed by atoms with E-state index >= 15 is 0 Å². The van der Waals surface area contributed by atoms with Crippen molar-refractivity contribution in [1.82, 2.24) is 0 Å². The fourth-order valence-corrected chi connectivity index (χ4v) is 1.62. The van der Waals surface area contributed by atoms with Gasteiger partial charge in [0.25, 0.3) is 0 Å². The second-order valence-electron chi connectivity index (χ2n) is 3.32. The molecule has 0 aliphatic carbocycles. The summed E-state index contributed by atoms with van der Waals surface area (Å²) in [5.74, 6) is 0. The van der Waals surface area contributed by atoms with Crippen LogP contribution < -0.4 is 0 Å². The standard InChI is InChI=1S/C6H16O11P2/c7-1-5(3-15-18(9,10)11)17-6(2-8)4-16-19(12,13)14/h5-8H,1-4H2,(H2,9,10,11)(H2,12,13,14). The quantitative estimate of drug-likeness (QED) is 0.243. The van der Waals surface area contributed by atoms with E-state index in [1.807, 2.05) is 0 Å². The lowest BCUT2D eigenvalue weighted by atomic mass is 10.3. The number of hydrogen-bond donors (Lipinski definition) is 6. The first kappa shape index (κ1) is 19.1. The SMILES string of the molecule is O=P(O)(O)OCC(CO)OC(CO)COP(=O)(O)O. The predicted octanol–water partition coefficient (Wildman–Crippen LogP) is -2.06. The van der Waals surface area contributed by atoms with Gasteiger partial charge in [-0.25, -0.2) is 9.13 Å². The fourth-order valence-electron chi connectivity index (χ4n) is 0.903. The van der Waals surface area contributed by atoms with Crippen molar-refractivity contribution < 1.29 is 52.7 Å². The van der Waals surface area contributed by atoms with Gasteiger partial charge in [0.1, 0.15) is 12.2 Å². The average molecular weight is 326 g/mol.